The number of aliphatic hydroxyl groups is 1. The van der Waals surface area contributed by atoms with Crippen LogP contribution in [-0.4, -0.2) is 65.3 Å². The number of piperidine rings is 1. The highest BCUT2D eigenvalue weighted by Gasteiger charge is 2.32. The molecule has 1 aliphatic heterocycles. The molecule has 10 nitrogen and oxygen atoms in total. The Morgan fingerprint density at radius 3 is 2.46 bits per heavy atom. The van der Waals surface area contributed by atoms with Crippen molar-refractivity contribution < 1.29 is 18.3 Å². The second kappa shape index (κ2) is 11.5. The molecule has 214 valence electrons. The third-order valence-electron chi connectivity index (χ3n) is 7.77. The minimum absolute atomic E-state index is 0.0297. The van der Waals surface area contributed by atoms with Gasteiger partial charge in [-0.25, -0.2) is 18.4 Å². The maximum Gasteiger partial charge on any atom is 0.253 e. The van der Waals surface area contributed by atoms with E-state index in [0.717, 1.165) is 47.5 Å². The van der Waals surface area contributed by atoms with Crippen LogP contribution < -0.4 is 10.2 Å². The first-order chi connectivity index (χ1) is 19.5. The molecule has 0 spiro atoms. The summed E-state index contributed by atoms with van der Waals surface area (Å²) in [5.41, 5.74) is 3.32. The zero-order valence-corrected chi connectivity index (χ0v) is 24.4. The fourth-order valence-electron chi connectivity index (χ4n) is 5.47. The Morgan fingerprint density at radius 1 is 1.02 bits per heavy atom. The van der Waals surface area contributed by atoms with Gasteiger partial charge in [-0.2, -0.15) is 0 Å². The molecule has 5 rings (SSSR count). The number of aromatic nitrogens is 4. The molecule has 0 saturated carbocycles. The molecule has 4 aromatic rings. The molecule has 4 aromatic heterocycles. The van der Waals surface area contributed by atoms with E-state index in [4.69, 9.17) is 9.97 Å². The van der Waals surface area contributed by atoms with Crippen molar-refractivity contribution in [2.45, 2.75) is 32.2 Å². The molecular weight excluding hydrogens is 540 g/mol. The number of hydrogen-bond donors (Lipinski definition) is 2. The van der Waals surface area contributed by atoms with Gasteiger partial charge in [-0.3, -0.25) is 14.8 Å². The molecule has 1 unspecified atom stereocenters. The first kappa shape index (κ1) is 28.6. The molecule has 11 heteroatoms. The molecule has 2 N–H and O–H groups in total. The standard InChI is InChI=1S/C30H34N6O4S/c1-18-15-36(16-19(2)24(18)17-37)29-7-5-6-25(35-29)26-9-8-21-12-32-23(11-27(21)34-26)14-33-30(38)22-10-28(41(4,39)40)20(3)31-13-22/h5-13,18-19,24,37H,14-17H2,1-4H3,(H,33,38)/t18-,19+,24?. The van der Waals surface area contributed by atoms with Gasteiger partial charge in [-0.15, -0.1) is 0 Å². The number of hydrogen-bond acceptors (Lipinski definition) is 9. The van der Waals surface area contributed by atoms with Crippen molar-refractivity contribution >= 4 is 32.5 Å². The number of nitrogens with one attached hydrogen (secondary N) is 1. The van der Waals surface area contributed by atoms with Crippen LogP contribution in [0.3, 0.4) is 0 Å². The van der Waals surface area contributed by atoms with E-state index in [1.54, 1.807) is 13.1 Å². The van der Waals surface area contributed by atoms with Gasteiger partial charge in [0.1, 0.15) is 5.82 Å². The van der Waals surface area contributed by atoms with Crippen LogP contribution >= 0.6 is 0 Å². The Morgan fingerprint density at radius 2 is 1.76 bits per heavy atom. The van der Waals surface area contributed by atoms with Crippen molar-refractivity contribution in [1.29, 1.82) is 0 Å². The van der Waals surface area contributed by atoms with Crippen molar-refractivity contribution in [2.24, 2.45) is 17.8 Å². The van der Waals surface area contributed by atoms with Crippen molar-refractivity contribution in [3.63, 3.8) is 0 Å². The van der Waals surface area contributed by atoms with Gasteiger partial charge in [0.25, 0.3) is 5.91 Å². The van der Waals surface area contributed by atoms with Gasteiger partial charge in [0.15, 0.2) is 9.84 Å². The lowest BCUT2D eigenvalue weighted by atomic mass is 9.80. The molecule has 0 aromatic carbocycles. The highest BCUT2D eigenvalue weighted by atomic mass is 32.2. The first-order valence-electron chi connectivity index (χ1n) is 13.6. The van der Waals surface area contributed by atoms with Crippen molar-refractivity contribution in [3.05, 3.63) is 71.8 Å². The highest BCUT2D eigenvalue weighted by molar-refractivity contribution is 7.90. The Labute approximate surface area is 239 Å². The van der Waals surface area contributed by atoms with Gasteiger partial charge in [0.05, 0.1) is 45.3 Å². The van der Waals surface area contributed by atoms with Crippen LogP contribution in [0.5, 0.6) is 0 Å². The van der Waals surface area contributed by atoms with Gasteiger partial charge in [-0.1, -0.05) is 19.9 Å². The second-order valence-corrected chi connectivity index (χ2v) is 12.9. The van der Waals surface area contributed by atoms with Gasteiger partial charge >= 0.3 is 0 Å². The number of carbonyl (C=O) groups excluding carboxylic acids is 1. The molecule has 5 heterocycles. The van der Waals surface area contributed by atoms with Crippen LogP contribution in [0.15, 0.2) is 59.8 Å². The van der Waals surface area contributed by atoms with Crippen molar-refractivity contribution in [2.75, 3.05) is 30.9 Å². The molecule has 41 heavy (non-hydrogen) atoms. The summed E-state index contributed by atoms with van der Waals surface area (Å²) in [4.78, 5) is 33.3. The van der Waals surface area contributed by atoms with E-state index in [9.17, 15) is 18.3 Å². The lowest BCUT2D eigenvalue weighted by molar-refractivity contribution is 0.0949. The third-order valence-corrected chi connectivity index (χ3v) is 8.98. The topological polar surface area (TPSA) is 138 Å². The minimum Gasteiger partial charge on any atom is -0.396 e. The van der Waals surface area contributed by atoms with E-state index in [-0.39, 0.29) is 23.6 Å². The number of anilines is 1. The number of rotatable bonds is 7. The fraction of sp³-hybridized carbons (Fsp3) is 0.367. The van der Waals surface area contributed by atoms with Crippen molar-refractivity contribution in [3.8, 4) is 11.4 Å². The summed E-state index contributed by atoms with van der Waals surface area (Å²) < 4.78 is 24.0. The van der Waals surface area contributed by atoms with Gasteiger partial charge in [0.2, 0.25) is 0 Å². The van der Waals surface area contributed by atoms with Crippen LogP contribution in [0.25, 0.3) is 22.3 Å². The van der Waals surface area contributed by atoms with Crippen LogP contribution in [0.4, 0.5) is 5.82 Å². The normalized spacial score (nSPS) is 19.3. The molecule has 3 atom stereocenters. The fourth-order valence-corrected chi connectivity index (χ4v) is 6.40. The largest absolute Gasteiger partial charge is 0.396 e. The molecule has 1 fully saturated rings. The van der Waals surface area contributed by atoms with Crippen LogP contribution in [0, 0.1) is 24.7 Å². The molecule has 0 radical (unpaired) electrons. The quantitative estimate of drug-likeness (QED) is 0.340. The zero-order chi connectivity index (χ0) is 29.3. The van der Waals surface area contributed by atoms with Gasteiger partial charge < -0.3 is 15.3 Å². The number of amides is 1. The third kappa shape index (κ3) is 6.20. The lowest BCUT2D eigenvalue weighted by Gasteiger charge is -2.41. The van der Waals surface area contributed by atoms with E-state index in [2.05, 4.69) is 34.0 Å². The smallest absolute Gasteiger partial charge is 0.253 e. The lowest BCUT2D eigenvalue weighted by Crippen LogP contribution is -2.46. The average molecular weight is 575 g/mol. The van der Waals surface area contributed by atoms with E-state index in [0.29, 0.717) is 29.1 Å². The summed E-state index contributed by atoms with van der Waals surface area (Å²) in [7, 11) is -3.51. The molecule has 1 saturated heterocycles. The number of pyridine rings is 4. The van der Waals surface area contributed by atoms with Crippen LogP contribution in [-0.2, 0) is 16.4 Å². The van der Waals surface area contributed by atoms with E-state index in [1.807, 2.05) is 36.4 Å². The number of carbonyl (C=O) groups is 1. The summed E-state index contributed by atoms with van der Waals surface area (Å²) in [6.45, 7) is 7.97. The van der Waals surface area contributed by atoms with E-state index < -0.39 is 15.7 Å². The molecule has 1 amide bonds. The summed E-state index contributed by atoms with van der Waals surface area (Å²) in [5, 5.41) is 13.4. The Kier molecular flexibility index (Phi) is 8.01. The van der Waals surface area contributed by atoms with Crippen LogP contribution in [0.1, 0.15) is 35.6 Å². The molecular formula is C30H34N6O4S. The molecule has 0 bridgehead atoms. The van der Waals surface area contributed by atoms with Gasteiger partial charge in [-0.05, 0) is 61.1 Å². The van der Waals surface area contributed by atoms with E-state index in [1.165, 1.54) is 12.3 Å². The number of nitrogens with zero attached hydrogens (tertiary/aromatic N) is 5. The predicted molar refractivity (Wildman–Crippen MR) is 157 cm³/mol. The predicted octanol–water partition coefficient (Wildman–Crippen LogP) is 3.43. The van der Waals surface area contributed by atoms with E-state index >= 15 is 0 Å². The number of aryl methyl sites for hydroxylation is 1. The molecule has 0 aliphatic carbocycles. The maximum absolute atomic E-state index is 12.7. The minimum atomic E-state index is -3.51. The summed E-state index contributed by atoms with van der Waals surface area (Å²) >= 11 is 0. The van der Waals surface area contributed by atoms with Crippen LogP contribution in [0.2, 0.25) is 0 Å². The SMILES string of the molecule is Cc1ncc(C(=O)NCc2cc3nc(-c4cccc(N5C[C@@H](C)C(CO)[C@@H](C)C5)n4)ccc3cn2)cc1S(C)(=O)=O. The summed E-state index contributed by atoms with van der Waals surface area (Å²) in [6.07, 6.45) is 4.16. The Hall–Kier alpha value is -3.96. The summed E-state index contributed by atoms with van der Waals surface area (Å²) in [5.74, 6) is 1.47. The maximum atomic E-state index is 12.7. The highest BCUT2D eigenvalue weighted by Crippen LogP contribution is 2.31. The summed E-state index contributed by atoms with van der Waals surface area (Å²) in [6, 6.07) is 13.0. The number of fused-ring (bicyclic) bond motifs is 1. The number of sulfone groups is 1. The molecule has 1 aliphatic rings. The monoisotopic (exact) mass is 574 g/mol. The van der Waals surface area contributed by atoms with Gasteiger partial charge in [0, 0.05) is 43.7 Å². The number of aliphatic hydroxyl groups excluding tert-OH is 1. The average Bonchev–Trinajstić information content (AvgIpc) is 2.95. The first-order valence-corrected chi connectivity index (χ1v) is 15.5. The second-order valence-electron chi connectivity index (χ2n) is 10.9. The van der Waals surface area contributed by atoms with Crippen molar-refractivity contribution in [1.82, 2.24) is 25.3 Å². The Bertz CT molecular complexity index is 1700. The zero-order valence-electron chi connectivity index (χ0n) is 23.6. The Balaban J connectivity index is 1.33.